The number of hydrogen-bond donors (Lipinski definition) is 1. The third-order valence-corrected chi connectivity index (χ3v) is 4.21. The first kappa shape index (κ1) is 21.7. The number of Topliss-reactive ketones (excluding diaryl/α,β-unsaturated/α-hetero) is 1. The van der Waals surface area contributed by atoms with Crippen molar-refractivity contribution >= 4 is 29.0 Å². The number of esters is 1. The van der Waals surface area contributed by atoms with E-state index in [1.807, 2.05) is 0 Å². The number of amides is 1. The predicted octanol–water partition coefficient (Wildman–Crippen LogP) is 2.65. The highest BCUT2D eigenvalue weighted by Crippen LogP contribution is 2.31. The van der Waals surface area contributed by atoms with Gasteiger partial charge in [0.05, 0.1) is 11.3 Å². The van der Waals surface area contributed by atoms with Gasteiger partial charge in [0, 0.05) is 23.7 Å². The molecule has 0 saturated carbocycles. The van der Waals surface area contributed by atoms with Crippen molar-refractivity contribution in [2.24, 2.45) is 0 Å². The lowest BCUT2D eigenvalue weighted by Crippen LogP contribution is -2.21. The van der Waals surface area contributed by atoms with Crippen LogP contribution in [0.25, 0.3) is 0 Å². The van der Waals surface area contributed by atoms with Gasteiger partial charge in [-0.25, -0.2) is 0 Å². The summed E-state index contributed by atoms with van der Waals surface area (Å²) >= 11 is 0. The standard InChI is InChI=1S/C20H17FN2O8/c21-14-3-2-13(10-15(14)23(27)28)22-19(25)11-31-20(26)6-4-16(24)12-1-5-17-18(9-12)30-8-7-29-17/h1-3,5,9-10H,4,6-8,11H2,(H,22,25). The average Bonchev–Trinajstić information content (AvgIpc) is 2.76. The van der Waals surface area contributed by atoms with Crippen molar-refractivity contribution in [1.82, 2.24) is 0 Å². The summed E-state index contributed by atoms with van der Waals surface area (Å²) < 4.78 is 28.9. The highest BCUT2D eigenvalue weighted by molar-refractivity contribution is 5.98. The minimum absolute atomic E-state index is 0.0251. The minimum Gasteiger partial charge on any atom is -0.486 e. The molecule has 2 aromatic carbocycles. The van der Waals surface area contributed by atoms with Gasteiger partial charge in [0.1, 0.15) is 13.2 Å². The molecule has 1 aliphatic rings. The van der Waals surface area contributed by atoms with Gasteiger partial charge in [-0.1, -0.05) is 0 Å². The van der Waals surface area contributed by atoms with E-state index in [9.17, 15) is 28.9 Å². The summed E-state index contributed by atoms with van der Waals surface area (Å²) in [5.41, 5.74) is -0.469. The molecule has 0 radical (unpaired) electrons. The fraction of sp³-hybridized carbons (Fsp3) is 0.250. The lowest BCUT2D eigenvalue weighted by atomic mass is 10.1. The molecule has 0 saturated heterocycles. The number of nitro groups is 1. The molecular weight excluding hydrogens is 415 g/mol. The third kappa shape index (κ3) is 5.75. The Morgan fingerprint density at radius 2 is 1.81 bits per heavy atom. The van der Waals surface area contributed by atoms with Crippen LogP contribution in [0.1, 0.15) is 23.2 Å². The van der Waals surface area contributed by atoms with Gasteiger partial charge in [-0.15, -0.1) is 0 Å². The van der Waals surface area contributed by atoms with Crippen LogP contribution in [-0.4, -0.2) is 42.4 Å². The van der Waals surface area contributed by atoms with Crippen LogP contribution in [0.3, 0.4) is 0 Å². The van der Waals surface area contributed by atoms with Gasteiger partial charge in [-0.05, 0) is 30.3 Å². The van der Waals surface area contributed by atoms with E-state index in [2.05, 4.69) is 5.32 Å². The summed E-state index contributed by atoms with van der Waals surface area (Å²) in [5, 5.41) is 13.0. The number of anilines is 1. The number of halogens is 1. The Morgan fingerprint density at radius 3 is 2.55 bits per heavy atom. The maximum absolute atomic E-state index is 13.3. The summed E-state index contributed by atoms with van der Waals surface area (Å²) in [7, 11) is 0. The van der Waals surface area contributed by atoms with E-state index in [1.165, 1.54) is 6.07 Å². The van der Waals surface area contributed by atoms with Gasteiger partial charge in [0.25, 0.3) is 5.91 Å². The van der Waals surface area contributed by atoms with Gasteiger partial charge in [-0.3, -0.25) is 24.5 Å². The molecule has 0 spiro atoms. The average molecular weight is 432 g/mol. The van der Waals surface area contributed by atoms with E-state index in [4.69, 9.17) is 14.2 Å². The van der Waals surface area contributed by atoms with Crippen LogP contribution >= 0.6 is 0 Å². The smallest absolute Gasteiger partial charge is 0.306 e. The molecule has 0 atom stereocenters. The summed E-state index contributed by atoms with van der Waals surface area (Å²) in [5.74, 6) is -1.90. The normalized spacial score (nSPS) is 12.0. The van der Waals surface area contributed by atoms with Crippen LogP contribution in [0.15, 0.2) is 36.4 Å². The fourth-order valence-electron chi connectivity index (χ4n) is 2.72. The summed E-state index contributed by atoms with van der Waals surface area (Å²) in [6, 6.07) is 7.54. The first-order valence-corrected chi connectivity index (χ1v) is 9.16. The Morgan fingerprint density at radius 1 is 1.06 bits per heavy atom. The zero-order valence-electron chi connectivity index (χ0n) is 16.1. The summed E-state index contributed by atoms with van der Waals surface area (Å²) in [6.07, 6.45) is -0.382. The van der Waals surface area contributed by atoms with Gasteiger partial charge >= 0.3 is 11.7 Å². The Bertz CT molecular complexity index is 1040. The lowest BCUT2D eigenvalue weighted by molar-refractivity contribution is -0.387. The molecule has 0 bridgehead atoms. The number of hydrogen-bond acceptors (Lipinski definition) is 8. The number of ketones is 1. The molecule has 1 N–H and O–H groups in total. The molecule has 1 amide bonds. The largest absolute Gasteiger partial charge is 0.486 e. The van der Waals surface area contributed by atoms with Crippen molar-refractivity contribution in [1.29, 1.82) is 0 Å². The van der Waals surface area contributed by atoms with E-state index < -0.39 is 34.9 Å². The number of fused-ring (bicyclic) bond motifs is 1. The van der Waals surface area contributed by atoms with Crippen LogP contribution in [-0.2, 0) is 14.3 Å². The first-order chi connectivity index (χ1) is 14.8. The SMILES string of the molecule is O=C(COC(=O)CCC(=O)c1ccc2c(c1)OCCO2)Nc1ccc(F)c([N+](=O)[O-])c1. The minimum atomic E-state index is -1.04. The van der Waals surface area contributed by atoms with E-state index >= 15 is 0 Å². The molecular formula is C20H17FN2O8. The number of nitro benzene ring substituents is 1. The monoisotopic (exact) mass is 432 g/mol. The molecule has 11 heteroatoms. The van der Waals surface area contributed by atoms with Crippen LogP contribution < -0.4 is 14.8 Å². The van der Waals surface area contributed by atoms with E-state index in [-0.39, 0.29) is 24.3 Å². The molecule has 2 aromatic rings. The van der Waals surface area contributed by atoms with Crippen molar-refractivity contribution in [3.05, 3.63) is 57.9 Å². The van der Waals surface area contributed by atoms with Crippen molar-refractivity contribution in [3.8, 4) is 11.5 Å². The van der Waals surface area contributed by atoms with Crippen LogP contribution in [0, 0.1) is 15.9 Å². The second kappa shape index (κ2) is 9.65. The zero-order chi connectivity index (χ0) is 22.4. The van der Waals surface area contributed by atoms with E-state index in [1.54, 1.807) is 12.1 Å². The number of benzene rings is 2. The van der Waals surface area contributed by atoms with Gasteiger partial charge in [-0.2, -0.15) is 4.39 Å². The molecule has 1 aliphatic heterocycles. The number of carbonyl (C=O) groups is 3. The van der Waals surface area contributed by atoms with Gasteiger partial charge < -0.3 is 19.5 Å². The third-order valence-electron chi connectivity index (χ3n) is 4.21. The molecule has 0 aliphatic carbocycles. The van der Waals surface area contributed by atoms with Gasteiger partial charge in [0.15, 0.2) is 23.9 Å². The topological polar surface area (TPSA) is 134 Å². The Balaban J connectivity index is 1.45. The molecule has 0 aromatic heterocycles. The second-order valence-electron chi connectivity index (χ2n) is 6.41. The number of ether oxygens (including phenoxy) is 3. The maximum Gasteiger partial charge on any atom is 0.306 e. The maximum atomic E-state index is 13.3. The van der Waals surface area contributed by atoms with E-state index in [0.29, 0.717) is 30.3 Å². The zero-order valence-corrected chi connectivity index (χ0v) is 16.1. The van der Waals surface area contributed by atoms with Gasteiger partial charge in [0.2, 0.25) is 5.82 Å². The van der Waals surface area contributed by atoms with Crippen LogP contribution in [0.4, 0.5) is 15.8 Å². The molecule has 162 valence electrons. The molecule has 0 fully saturated rings. The molecule has 3 rings (SSSR count). The lowest BCUT2D eigenvalue weighted by Gasteiger charge is -2.18. The highest BCUT2D eigenvalue weighted by atomic mass is 19.1. The number of rotatable bonds is 8. The van der Waals surface area contributed by atoms with Crippen molar-refractivity contribution in [3.63, 3.8) is 0 Å². The van der Waals surface area contributed by atoms with Crippen LogP contribution in [0.2, 0.25) is 0 Å². The van der Waals surface area contributed by atoms with Crippen molar-refractivity contribution < 1.29 is 37.9 Å². The summed E-state index contributed by atoms with van der Waals surface area (Å²) in [4.78, 5) is 45.7. The number of carbonyl (C=O) groups excluding carboxylic acids is 3. The number of nitrogens with one attached hydrogen (secondary N) is 1. The highest BCUT2D eigenvalue weighted by Gasteiger charge is 2.18. The first-order valence-electron chi connectivity index (χ1n) is 9.16. The summed E-state index contributed by atoms with van der Waals surface area (Å²) in [6.45, 7) is 0.143. The Labute approximate surface area is 175 Å². The van der Waals surface area contributed by atoms with E-state index in [0.717, 1.165) is 18.2 Å². The Kier molecular flexibility index (Phi) is 6.75. The molecule has 10 nitrogen and oxygen atoms in total. The van der Waals surface area contributed by atoms with Crippen molar-refractivity contribution in [2.75, 3.05) is 25.1 Å². The Hall–Kier alpha value is -4.02. The molecule has 0 unspecified atom stereocenters. The quantitative estimate of drug-likeness (QED) is 0.291. The molecule has 31 heavy (non-hydrogen) atoms. The predicted molar refractivity (Wildman–Crippen MR) is 104 cm³/mol. The second-order valence-corrected chi connectivity index (χ2v) is 6.41. The fourth-order valence-corrected chi connectivity index (χ4v) is 2.72. The van der Waals surface area contributed by atoms with Crippen LogP contribution in [0.5, 0.6) is 11.5 Å². The van der Waals surface area contributed by atoms with Crippen molar-refractivity contribution in [2.45, 2.75) is 12.8 Å². The number of nitrogens with zero attached hydrogens (tertiary/aromatic N) is 1. The molecule has 1 heterocycles.